The second-order valence-corrected chi connectivity index (χ2v) is 6.18. The van der Waals surface area contributed by atoms with Crippen molar-refractivity contribution in [2.45, 2.75) is 24.7 Å². The zero-order valence-corrected chi connectivity index (χ0v) is 11.9. The standard InChI is InChI=1S/C13H15N3S2/c1-17-13-14-6-10(7-15-13)8-16-4-2-12-11(9-16)3-5-18-12/h3,5-7H,2,4,8-9H2,1H3. The first-order valence-corrected chi connectivity index (χ1v) is 8.08. The zero-order chi connectivity index (χ0) is 12.4. The molecular formula is C13H15N3S2. The Morgan fingerprint density at radius 1 is 1.39 bits per heavy atom. The van der Waals surface area contributed by atoms with Crippen molar-refractivity contribution >= 4 is 23.1 Å². The molecular weight excluding hydrogens is 262 g/mol. The summed E-state index contributed by atoms with van der Waals surface area (Å²) in [6.45, 7) is 3.14. The zero-order valence-electron chi connectivity index (χ0n) is 10.3. The maximum atomic E-state index is 4.32. The van der Waals surface area contributed by atoms with Crippen molar-refractivity contribution in [3.05, 3.63) is 39.8 Å². The number of fused-ring (bicyclic) bond motifs is 1. The van der Waals surface area contributed by atoms with E-state index in [-0.39, 0.29) is 0 Å². The number of aromatic nitrogens is 2. The third-order valence-electron chi connectivity index (χ3n) is 3.16. The van der Waals surface area contributed by atoms with Gasteiger partial charge in [-0.15, -0.1) is 11.3 Å². The fraction of sp³-hybridized carbons (Fsp3) is 0.385. The van der Waals surface area contributed by atoms with Crippen LogP contribution in [0.15, 0.2) is 29.0 Å². The molecule has 0 aromatic carbocycles. The van der Waals surface area contributed by atoms with Gasteiger partial charge in [0.05, 0.1) is 0 Å². The minimum absolute atomic E-state index is 0.845. The van der Waals surface area contributed by atoms with Crippen LogP contribution < -0.4 is 0 Å². The molecule has 0 fully saturated rings. The Hall–Kier alpha value is -0.910. The van der Waals surface area contributed by atoms with Gasteiger partial charge in [-0.3, -0.25) is 4.90 Å². The molecule has 0 N–H and O–H groups in total. The highest BCUT2D eigenvalue weighted by Crippen LogP contribution is 2.24. The summed E-state index contributed by atoms with van der Waals surface area (Å²) in [5, 5.41) is 3.04. The van der Waals surface area contributed by atoms with E-state index in [1.807, 2.05) is 30.0 Å². The Bertz CT molecular complexity index is 521. The predicted octanol–water partition coefficient (Wildman–Crippen LogP) is 2.82. The smallest absolute Gasteiger partial charge is 0.187 e. The van der Waals surface area contributed by atoms with E-state index in [1.165, 1.54) is 17.5 Å². The van der Waals surface area contributed by atoms with Crippen LogP contribution in [0.5, 0.6) is 0 Å². The summed E-state index contributed by atoms with van der Waals surface area (Å²) in [6, 6.07) is 2.25. The second kappa shape index (κ2) is 5.38. The molecule has 0 bridgehead atoms. The van der Waals surface area contributed by atoms with Gasteiger partial charge in [-0.2, -0.15) is 0 Å². The highest BCUT2D eigenvalue weighted by molar-refractivity contribution is 7.98. The molecule has 94 valence electrons. The highest BCUT2D eigenvalue weighted by atomic mass is 32.2. The van der Waals surface area contributed by atoms with Crippen molar-refractivity contribution in [1.29, 1.82) is 0 Å². The molecule has 0 saturated carbocycles. The fourth-order valence-corrected chi connectivity index (χ4v) is 3.44. The van der Waals surface area contributed by atoms with Gasteiger partial charge in [0, 0.05) is 42.5 Å². The Morgan fingerprint density at radius 2 is 2.22 bits per heavy atom. The van der Waals surface area contributed by atoms with Crippen LogP contribution in [0.25, 0.3) is 0 Å². The molecule has 0 atom stereocenters. The topological polar surface area (TPSA) is 29.0 Å². The van der Waals surface area contributed by atoms with Gasteiger partial charge in [0.1, 0.15) is 0 Å². The van der Waals surface area contributed by atoms with Crippen LogP contribution >= 0.6 is 23.1 Å². The van der Waals surface area contributed by atoms with E-state index in [2.05, 4.69) is 26.3 Å². The summed E-state index contributed by atoms with van der Waals surface area (Å²) in [7, 11) is 0. The van der Waals surface area contributed by atoms with Gasteiger partial charge in [-0.1, -0.05) is 11.8 Å². The van der Waals surface area contributed by atoms with Gasteiger partial charge in [-0.05, 0) is 29.7 Å². The first kappa shape index (κ1) is 12.1. The van der Waals surface area contributed by atoms with Crippen LogP contribution in [0.3, 0.4) is 0 Å². The average molecular weight is 277 g/mol. The fourth-order valence-electron chi connectivity index (χ4n) is 2.23. The molecule has 2 aromatic rings. The van der Waals surface area contributed by atoms with Gasteiger partial charge in [-0.25, -0.2) is 9.97 Å². The van der Waals surface area contributed by atoms with Crippen molar-refractivity contribution in [3.8, 4) is 0 Å². The van der Waals surface area contributed by atoms with Crippen molar-refractivity contribution in [2.75, 3.05) is 12.8 Å². The Morgan fingerprint density at radius 3 is 3.00 bits per heavy atom. The molecule has 0 unspecified atom stereocenters. The molecule has 3 nitrogen and oxygen atoms in total. The van der Waals surface area contributed by atoms with E-state index in [4.69, 9.17) is 0 Å². The summed E-state index contributed by atoms with van der Waals surface area (Å²) >= 11 is 3.47. The van der Waals surface area contributed by atoms with Gasteiger partial charge in [0.15, 0.2) is 5.16 Å². The summed E-state index contributed by atoms with van der Waals surface area (Å²) in [5.41, 5.74) is 2.69. The van der Waals surface area contributed by atoms with Crippen molar-refractivity contribution < 1.29 is 0 Å². The molecule has 0 aliphatic carbocycles. The Labute approximate surface area is 115 Å². The maximum Gasteiger partial charge on any atom is 0.187 e. The Kier molecular flexibility index (Phi) is 3.63. The number of nitrogens with zero attached hydrogens (tertiary/aromatic N) is 3. The normalized spacial score (nSPS) is 15.6. The molecule has 5 heteroatoms. The molecule has 1 aliphatic heterocycles. The van der Waals surface area contributed by atoms with Crippen LogP contribution in [0, 0.1) is 0 Å². The van der Waals surface area contributed by atoms with Crippen LogP contribution in [-0.2, 0) is 19.5 Å². The minimum atomic E-state index is 0.845. The van der Waals surface area contributed by atoms with Gasteiger partial charge in [0.25, 0.3) is 0 Å². The van der Waals surface area contributed by atoms with Crippen LogP contribution in [0.2, 0.25) is 0 Å². The first-order valence-electron chi connectivity index (χ1n) is 5.97. The molecule has 0 amide bonds. The monoisotopic (exact) mass is 277 g/mol. The molecule has 3 heterocycles. The van der Waals surface area contributed by atoms with E-state index >= 15 is 0 Å². The first-order chi connectivity index (χ1) is 8.85. The summed E-state index contributed by atoms with van der Waals surface area (Å²) in [5.74, 6) is 0. The SMILES string of the molecule is CSc1ncc(CN2CCc3sccc3C2)cn1. The third kappa shape index (κ3) is 2.58. The van der Waals surface area contributed by atoms with E-state index in [0.717, 1.165) is 24.8 Å². The lowest BCUT2D eigenvalue weighted by Crippen LogP contribution is -2.29. The molecule has 18 heavy (non-hydrogen) atoms. The molecule has 2 aromatic heterocycles. The number of thioether (sulfide) groups is 1. The summed E-state index contributed by atoms with van der Waals surface area (Å²) in [4.78, 5) is 12.7. The lowest BCUT2D eigenvalue weighted by atomic mass is 10.1. The van der Waals surface area contributed by atoms with Crippen molar-refractivity contribution in [1.82, 2.24) is 14.9 Å². The summed E-state index contributed by atoms with van der Waals surface area (Å²) < 4.78 is 0. The lowest BCUT2D eigenvalue weighted by molar-refractivity contribution is 0.247. The predicted molar refractivity (Wildman–Crippen MR) is 76.0 cm³/mol. The van der Waals surface area contributed by atoms with Crippen molar-refractivity contribution in [3.63, 3.8) is 0 Å². The van der Waals surface area contributed by atoms with Crippen LogP contribution in [-0.4, -0.2) is 27.7 Å². The van der Waals surface area contributed by atoms with E-state index in [0.29, 0.717) is 0 Å². The Balaban J connectivity index is 1.67. The summed E-state index contributed by atoms with van der Waals surface area (Å²) in [6.07, 6.45) is 7.07. The lowest BCUT2D eigenvalue weighted by Gasteiger charge is -2.26. The number of thiophene rings is 1. The third-order valence-corrected chi connectivity index (χ3v) is 4.76. The molecule has 0 saturated heterocycles. The molecule has 0 spiro atoms. The number of rotatable bonds is 3. The van der Waals surface area contributed by atoms with E-state index in [9.17, 15) is 0 Å². The van der Waals surface area contributed by atoms with E-state index < -0.39 is 0 Å². The van der Waals surface area contributed by atoms with Crippen LogP contribution in [0.4, 0.5) is 0 Å². The second-order valence-electron chi connectivity index (χ2n) is 4.41. The van der Waals surface area contributed by atoms with E-state index in [1.54, 1.807) is 16.6 Å². The molecule has 1 aliphatic rings. The molecule has 0 radical (unpaired) electrons. The van der Waals surface area contributed by atoms with Gasteiger partial charge < -0.3 is 0 Å². The van der Waals surface area contributed by atoms with Gasteiger partial charge >= 0.3 is 0 Å². The quantitative estimate of drug-likeness (QED) is 0.637. The van der Waals surface area contributed by atoms with Crippen LogP contribution in [0.1, 0.15) is 16.0 Å². The minimum Gasteiger partial charge on any atom is -0.294 e. The number of hydrogen-bond donors (Lipinski definition) is 0. The van der Waals surface area contributed by atoms with Crippen molar-refractivity contribution in [2.24, 2.45) is 0 Å². The maximum absolute atomic E-state index is 4.32. The average Bonchev–Trinajstić information content (AvgIpc) is 2.87. The van der Waals surface area contributed by atoms with Gasteiger partial charge in [0.2, 0.25) is 0 Å². The number of hydrogen-bond acceptors (Lipinski definition) is 5. The largest absolute Gasteiger partial charge is 0.294 e. The molecule has 3 rings (SSSR count). The highest BCUT2D eigenvalue weighted by Gasteiger charge is 2.17.